The van der Waals surface area contributed by atoms with Crippen LogP contribution in [0, 0.1) is 11.8 Å². The van der Waals surface area contributed by atoms with Gasteiger partial charge in [0.15, 0.2) is 0 Å². The van der Waals surface area contributed by atoms with Crippen LogP contribution in [0.5, 0.6) is 0 Å². The van der Waals surface area contributed by atoms with E-state index >= 15 is 0 Å². The van der Waals surface area contributed by atoms with Gasteiger partial charge in [0.2, 0.25) is 5.91 Å². The fourth-order valence-electron chi connectivity index (χ4n) is 1.84. The van der Waals surface area contributed by atoms with Gasteiger partial charge in [0.05, 0.1) is 19.6 Å². The average molecular weight is 243 g/mol. The molecule has 2 unspecified atom stereocenters. The van der Waals surface area contributed by atoms with Crippen molar-refractivity contribution in [3.8, 4) is 0 Å². The highest BCUT2D eigenvalue weighted by molar-refractivity contribution is 5.86. The molecule has 0 bridgehead atoms. The SMILES string of the molecule is COC(=O)C(NC(=O)C1CCCOC1)C(C)C. The Morgan fingerprint density at radius 1 is 1.41 bits per heavy atom. The molecule has 0 saturated carbocycles. The molecule has 0 aliphatic carbocycles. The van der Waals surface area contributed by atoms with Crippen molar-refractivity contribution in [2.75, 3.05) is 20.3 Å². The molecule has 1 aliphatic rings. The molecule has 2 atom stereocenters. The van der Waals surface area contributed by atoms with Gasteiger partial charge in [0.1, 0.15) is 6.04 Å². The summed E-state index contributed by atoms with van der Waals surface area (Å²) >= 11 is 0. The van der Waals surface area contributed by atoms with Crippen LogP contribution in [0.25, 0.3) is 0 Å². The summed E-state index contributed by atoms with van der Waals surface area (Å²) in [5, 5.41) is 2.74. The van der Waals surface area contributed by atoms with Crippen molar-refractivity contribution >= 4 is 11.9 Å². The maximum atomic E-state index is 11.9. The minimum Gasteiger partial charge on any atom is -0.467 e. The van der Waals surface area contributed by atoms with E-state index < -0.39 is 12.0 Å². The van der Waals surface area contributed by atoms with Crippen molar-refractivity contribution in [3.63, 3.8) is 0 Å². The summed E-state index contributed by atoms with van der Waals surface area (Å²) < 4.78 is 9.93. The maximum absolute atomic E-state index is 11.9. The number of carbonyl (C=O) groups excluding carboxylic acids is 2. The third kappa shape index (κ3) is 4.00. The van der Waals surface area contributed by atoms with Gasteiger partial charge in [0, 0.05) is 6.61 Å². The third-order valence-corrected chi connectivity index (χ3v) is 2.95. The molecular formula is C12H21NO4. The maximum Gasteiger partial charge on any atom is 0.328 e. The zero-order chi connectivity index (χ0) is 12.8. The fraction of sp³-hybridized carbons (Fsp3) is 0.833. The Bertz CT molecular complexity index is 272. The number of methoxy groups -OCH3 is 1. The predicted octanol–water partition coefficient (Wildman–Crippen LogP) is 0.727. The number of nitrogens with one attached hydrogen (secondary N) is 1. The lowest BCUT2D eigenvalue weighted by Crippen LogP contribution is -2.48. The number of ether oxygens (including phenoxy) is 2. The minimum atomic E-state index is -0.575. The number of esters is 1. The minimum absolute atomic E-state index is 0.0101. The van der Waals surface area contributed by atoms with E-state index in [1.54, 1.807) is 0 Å². The van der Waals surface area contributed by atoms with Crippen molar-refractivity contribution in [3.05, 3.63) is 0 Å². The lowest BCUT2D eigenvalue weighted by Gasteiger charge is -2.25. The summed E-state index contributed by atoms with van der Waals surface area (Å²) in [4.78, 5) is 23.4. The molecule has 17 heavy (non-hydrogen) atoms. The van der Waals surface area contributed by atoms with Crippen molar-refractivity contribution in [1.82, 2.24) is 5.32 Å². The molecule has 5 heteroatoms. The van der Waals surface area contributed by atoms with Crippen LogP contribution in [-0.2, 0) is 19.1 Å². The molecule has 0 spiro atoms. The van der Waals surface area contributed by atoms with E-state index in [1.807, 2.05) is 13.8 Å². The van der Waals surface area contributed by atoms with Crippen molar-refractivity contribution in [1.29, 1.82) is 0 Å². The molecule has 1 amide bonds. The molecule has 1 heterocycles. The summed E-state index contributed by atoms with van der Waals surface area (Å²) in [6.07, 6.45) is 1.71. The Labute approximate surface area is 102 Å². The van der Waals surface area contributed by atoms with Crippen LogP contribution >= 0.6 is 0 Å². The van der Waals surface area contributed by atoms with Crippen LogP contribution in [0.15, 0.2) is 0 Å². The number of rotatable bonds is 4. The molecule has 1 fully saturated rings. The van der Waals surface area contributed by atoms with E-state index in [-0.39, 0.29) is 17.7 Å². The fourth-order valence-corrected chi connectivity index (χ4v) is 1.84. The monoisotopic (exact) mass is 243 g/mol. The highest BCUT2D eigenvalue weighted by Gasteiger charge is 2.29. The predicted molar refractivity (Wildman–Crippen MR) is 62.3 cm³/mol. The van der Waals surface area contributed by atoms with Crippen LogP contribution in [0.4, 0.5) is 0 Å². The number of carbonyl (C=O) groups is 2. The second-order valence-electron chi connectivity index (χ2n) is 4.67. The number of hydrogen-bond acceptors (Lipinski definition) is 4. The molecule has 1 rings (SSSR count). The molecule has 1 N–H and O–H groups in total. The van der Waals surface area contributed by atoms with Gasteiger partial charge < -0.3 is 14.8 Å². The van der Waals surface area contributed by atoms with Gasteiger partial charge >= 0.3 is 5.97 Å². The lowest BCUT2D eigenvalue weighted by molar-refractivity contribution is -0.147. The highest BCUT2D eigenvalue weighted by Crippen LogP contribution is 2.14. The van der Waals surface area contributed by atoms with E-state index in [0.717, 1.165) is 12.8 Å². The summed E-state index contributed by atoms with van der Waals surface area (Å²) in [5.74, 6) is -0.649. The lowest BCUT2D eigenvalue weighted by atomic mass is 9.99. The first-order chi connectivity index (χ1) is 8.06. The zero-order valence-corrected chi connectivity index (χ0v) is 10.7. The molecule has 1 aliphatic heterocycles. The van der Waals surface area contributed by atoms with E-state index in [2.05, 4.69) is 10.1 Å². The number of hydrogen-bond donors (Lipinski definition) is 1. The Morgan fingerprint density at radius 2 is 2.12 bits per heavy atom. The first-order valence-corrected chi connectivity index (χ1v) is 6.02. The highest BCUT2D eigenvalue weighted by atomic mass is 16.5. The summed E-state index contributed by atoms with van der Waals surface area (Å²) in [6.45, 7) is 4.91. The summed E-state index contributed by atoms with van der Waals surface area (Å²) in [5.41, 5.74) is 0. The summed E-state index contributed by atoms with van der Waals surface area (Å²) in [6, 6.07) is -0.575. The smallest absolute Gasteiger partial charge is 0.328 e. The van der Waals surface area contributed by atoms with E-state index in [1.165, 1.54) is 7.11 Å². The third-order valence-electron chi connectivity index (χ3n) is 2.95. The van der Waals surface area contributed by atoms with Gasteiger partial charge in [-0.1, -0.05) is 13.8 Å². The van der Waals surface area contributed by atoms with Crippen molar-refractivity contribution in [2.45, 2.75) is 32.7 Å². The molecule has 0 aromatic carbocycles. The Balaban J connectivity index is 2.54. The van der Waals surface area contributed by atoms with Crippen LogP contribution < -0.4 is 5.32 Å². The Morgan fingerprint density at radius 3 is 2.59 bits per heavy atom. The molecule has 1 saturated heterocycles. The molecule has 0 radical (unpaired) electrons. The van der Waals surface area contributed by atoms with Crippen LogP contribution in [0.2, 0.25) is 0 Å². The van der Waals surface area contributed by atoms with Gasteiger partial charge in [-0.2, -0.15) is 0 Å². The average Bonchev–Trinajstić information content (AvgIpc) is 2.35. The van der Waals surface area contributed by atoms with Gasteiger partial charge in [-0.15, -0.1) is 0 Å². The van der Waals surface area contributed by atoms with Gasteiger partial charge in [0.25, 0.3) is 0 Å². The van der Waals surface area contributed by atoms with E-state index in [4.69, 9.17) is 4.74 Å². The number of amides is 1. The molecular weight excluding hydrogens is 222 g/mol. The van der Waals surface area contributed by atoms with E-state index in [0.29, 0.717) is 13.2 Å². The van der Waals surface area contributed by atoms with E-state index in [9.17, 15) is 9.59 Å². The standard InChI is InChI=1S/C12H21NO4/c1-8(2)10(12(15)16-3)13-11(14)9-5-4-6-17-7-9/h8-10H,4-7H2,1-3H3,(H,13,14). The zero-order valence-electron chi connectivity index (χ0n) is 10.7. The quantitative estimate of drug-likeness (QED) is 0.739. The topological polar surface area (TPSA) is 64.6 Å². The molecule has 0 aromatic rings. The first kappa shape index (κ1) is 14.0. The normalized spacial score (nSPS) is 22.0. The van der Waals surface area contributed by atoms with Crippen LogP contribution in [0.3, 0.4) is 0 Å². The Kier molecular flexibility index (Phi) is 5.41. The second-order valence-corrected chi connectivity index (χ2v) is 4.67. The van der Waals surface area contributed by atoms with Gasteiger partial charge in [-0.25, -0.2) is 4.79 Å². The Hall–Kier alpha value is -1.10. The van der Waals surface area contributed by atoms with Gasteiger partial charge in [-0.3, -0.25) is 4.79 Å². The summed E-state index contributed by atoms with van der Waals surface area (Å²) in [7, 11) is 1.33. The van der Waals surface area contributed by atoms with Crippen molar-refractivity contribution in [2.24, 2.45) is 11.8 Å². The second kappa shape index (κ2) is 6.59. The molecule has 0 aromatic heterocycles. The first-order valence-electron chi connectivity index (χ1n) is 6.02. The van der Waals surface area contributed by atoms with Gasteiger partial charge in [-0.05, 0) is 18.8 Å². The molecule has 5 nitrogen and oxygen atoms in total. The van der Waals surface area contributed by atoms with Crippen LogP contribution in [0.1, 0.15) is 26.7 Å². The molecule has 98 valence electrons. The van der Waals surface area contributed by atoms with Crippen molar-refractivity contribution < 1.29 is 19.1 Å². The largest absolute Gasteiger partial charge is 0.467 e. The van der Waals surface area contributed by atoms with Crippen LogP contribution in [-0.4, -0.2) is 38.2 Å².